The van der Waals surface area contributed by atoms with Gasteiger partial charge in [0.1, 0.15) is 5.75 Å². The summed E-state index contributed by atoms with van der Waals surface area (Å²) in [5, 5.41) is 11.2. The second kappa shape index (κ2) is 5.08. The van der Waals surface area contributed by atoms with E-state index >= 15 is 0 Å². The molecular formula is C14H17ClO3. The van der Waals surface area contributed by atoms with Crippen LogP contribution in [-0.2, 0) is 11.2 Å². The van der Waals surface area contributed by atoms with E-state index in [-0.39, 0.29) is 5.92 Å². The first kappa shape index (κ1) is 12.3. The van der Waals surface area contributed by atoms with E-state index in [0.29, 0.717) is 11.6 Å². The second-order valence-corrected chi connectivity index (χ2v) is 5.41. The molecule has 1 unspecified atom stereocenters. The van der Waals surface area contributed by atoms with Crippen LogP contribution in [0.5, 0.6) is 5.75 Å². The quantitative estimate of drug-likeness (QED) is 0.896. The lowest BCUT2D eigenvalue weighted by Gasteiger charge is -2.28. The third kappa shape index (κ3) is 2.22. The number of aliphatic hydroxyl groups excluding tert-OH is 1. The van der Waals surface area contributed by atoms with Gasteiger partial charge in [0.25, 0.3) is 0 Å². The Morgan fingerprint density at radius 2 is 2.00 bits per heavy atom. The van der Waals surface area contributed by atoms with Crippen LogP contribution in [0.1, 0.15) is 30.1 Å². The summed E-state index contributed by atoms with van der Waals surface area (Å²) in [5.41, 5.74) is 1.96. The fraction of sp³-hybridized carbons (Fsp3) is 0.571. The average Bonchev–Trinajstić information content (AvgIpc) is 2.86. The molecule has 4 heteroatoms. The minimum atomic E-state index is -0.501. The molecule has 0 amide bonds. The molecular weight excluding hydrogens is 252 g/mol. The Balaban J connectivity index is 1.91. The summed E-state index contributed by atoms with van der Waals surface area (Å²) in [4.78, 5) is 0. The number of hydrogen-bond donors (Lipinski definition) is 1. The van der Waals surface area contributed by atoms with Gasteiger partial charge in [-0.3, -0.25) is 0 Å². The molecule has 2 aliphatic heterocycles. The van der Waals surface area contributed by atoms with E-state index in [0.717, 1.165) is 49.4 Å². The molecule has 0 bridgehead atoms. The molecule has 2 aliphatic rings. The van der Waals surface area contributed by atoms with E-state index in [1.807, 2.05) is 12.1 Å². The number of hydrogen-bond acceptors (Lipinski definition) is 3. The fourth-order valence-corrected chi connectivity index (χ4v) is 3.05. The van der Waals surface area contributed by atoms with Crippen LogP contribution < -0.4 is 4.74 Å². The molecule has 18 heavy (non-hydrogen) atoms. The van der Waals surface area contributed by atoms with Gasteiger partial charge in [0.05, 0.1) is 12.7 Å². The first-order valence-electron chi connectivity index (χ1n) is 6.46. The van der Waals surface area contributed by atoms with Crippen molar-refractivity contribution in [3.63, 3.8) is 0 Å². The van der Waals surface area contributed by atoms with Crippen LogP contribution in [0.15, 0.2) is 12.1 Å². The fourth-order valence-electron chi connectivity index (χ4n) is 2.80. The molecule has 1 atom stereocenters. The van der Waals surface area contributed by atoms with E-state index in [9.17, 15) is 5.11 Å². The van der Waals surface area contributed by atoms with Gasteiger partial charge in [-0.15, -0.1) is 0 Å². The first-order chi connectivity index (χ1) is 8.75. The molecule has 0 spiro atoms. The van der Waals surface area contributed by atoms with Gasteiger partial charge in [-0.1, -0.05) is 11.6 Å². The van der Waals surface area contributed by atoms with Crippen molar-refractivity contribution in [2.24, 2.45) is 5.92 Å². The van der Waals surface area contributed by atoms with E-state index in [1.165, 1.54) is 0 Å². The molecule has 3 nitrogen and oxygen atoms in total. The zero-order valence-corrected chi connectivity index (χ0v) is 10.9. The molecule has 2 heterocycles. The Kier molecular flexibility index (Phi) is 3.46. The van der Waals surface area contributed by atoms with Crippen molar-refractivity contribution in [2.75, 3.05) is 19.8 Å². The first-order valence-corrected chi connectivity index (χ1v) is 6.84. The highest BCUT2D eigenvalue weighted by Crippen LogP contribution is 2.40. The van der Waals surface area contributed by atoms with Crippen molar-refractivity contribution in [3.05, 3.63) is 28.3 Å². The Labute approximate surface area is 112 Å². The summed E-state index contributed by atoms with van der Waals surface area (Å²) in [6.07, 6.45) is 2.16. The molecule has 0 saturated carbocycles. The zero-order valence-electron chi connectivity index (χ0n) is 10.2. The van der Waals surface area contributed by atoms with Crippen molar-refractivity contribution < 1.29 is 14.6 Å². The number of ether oxygens (including phenoxy) is 2. The minimum absolute atomic E-state index is 0.241. The lowest BCUT2D eigenvalue weighted by atomic mass is 9.88. The zero-order chi connectivity index (χ0) is 12.5. The summed E-state index contributed by atoms with van der Waals surface area (Å²) in [7, 11) is 0. The average molecular weight is 269 g/mol. The number of aliphatic hydroxyl groups is 1. The highest BCUT2D eigenvalue weighted by Gasteiger charge is 2.29. The largest absolute Gasteiger partial charge is 0.493 e. The van der Waals surface area contributed by atoms with Crippen molar-refractivity contribution in [1.29, 1.82) is 0 Å². The molecule has 0 radical (unpaired) electrons. The van der Waals surface area contributed by atoms with Crippen molar-refractivity contribution >= 4 is 11.6 Å². The van der Waals surface area contributed by atoms with Gasteiger partial charge in [0.2, 0.25) is 0 Å². The van der Waals surface area contributed by atoms with Gasteiger partial charge in [-0.2, -0.15) is 0 Å². The predicted molar refractivity (Wildman–Crippen MR) is 69.2 cm³/mol. The van der Waals surface area contributed by atoms with Gasteiger partial charge in [0.15, 0.2) is 0 Å². The topological polar surface area (TPSA) is 38.7 Å². The number of rotatable bonds is 2. The van der Waals surface area contributed by atoms with Crippen LogP contribution in [0.3, 0.4) is 0 Å². The number of fused-ring (bicyclic) bond motifs is 1. The molecule has 0 aromatic heterocycles. The molecule has 1 N–H and O–H groups in total. The Morgan fingerprint density at radius 1 is 1.22 bits per heavy atom. The van der Waals surface area contributed by atoms with E-state index in [1.54, 1.807) is 0 Å². The maximum absolute atomic E-state index is 10.5. The van der Waals surface area contributed by atoms with Gasteiger partial charge in [0, 0.05) is 30.2 Å². The molecule has 3 rings (SSSR count). The summed E-state index contributed by atoms with van der Waals surface area (Å²) in [6, 6.07) is 3.77. The minimum Gasteiger partial charge on any atom is -0.493 e. The van der Waals surface area contributed by atoms with E-state index < -0.39 is 6.10 Å². The van der Waals surface area contributed by atoms with Crippen LogP contribution in [0, 0.1) is 5.92 Å². The van der Waals surface area contributed by atoms with Crippen LogP contribution in [0.2, 0.25) is 5.02 Å². The summed E-state index contributed by atoms with van der Waals surface area (Å²) < 4.78 is 11.0. The third-order valence-electron chi connectivity index (χ3n) is 3.81. The SMILES string of the molecule is OC(c1cc(Cl)cc2c1OCC2)C1CCOCC1. The smallest absolute Gasteiger partial charge is 0.128 e. The highest BCUT2D eigenvalue weighted by molar-refractivity contribution is 6.30. The second-order valence-electron chi connectivity index (χ2n) is 4.98. The lowest BCUT2D eigenvalue weighted by Crippen LogP contribution is -2.22. The van der Waals surface area contributed by atoms with Crippen LogP contribution in [0.25, 0.3) is 0 Å². The standard InChI is InChI=1S/C14H17ClO3/c15-11-7-10-3-6-18-14(10)12(8-11)13(16)9-1-4-17-5-2-9/h7-9,13,16H,1-6H2. The van der Waals surface area contributed by atoms with Crippen molar-refractivity contribution in [3.8, 4) is 5.75 Å². The number of benzene rings is 1. The van der Waals surface area contributed by atoms with E-state index in [4.69, 9.17) is 21.1 Å². The molecule has 1 fully saturated rings. The Bertz CT molecular complexity index is 441. The number of halogens is 1. The molecule has 1 saturated heterocycles. The van der Waals surface area contributed by atoms with Crippen LogP contribution >= 0.6 is 11.6 Å². The molecule has 0 aliphatic carbocycles. The summed E-state index contributed by atoms with van der Waals surface area (Å²) in [6.45, 7) is 2.14. The highest BCUT2D eigenvalue weighted by atomic mass is 35.5. The molecule has 1 aromatic carbocycles. The Hall–Kier alpha value is -0.770. The van der Waals surface area contributed by atoms with Crippen LogP contribution in [-0.4, -0.2) is 24.9 Å². The van der Waals surface area contributed by atoms with Crippen molar-refractivity contribution in [1.82, 2.24) is 0 Å². The van der Waals surface area contributed by atoms with Gasteiger partial charge in [-0.25, -0.2) is 0 Å². The third-order valence-corrected chi connectivity index (χ3v) is 4.03. The summed E-state index contributed by atoms with van der Waals surface area (Å²) >= 11 is 6.12. The maximum Gasteiger partial charge on any atom is 0.128 e. The lowest BCUT2D eigenvalue weighted by molar-refractivity contribution is 0.00636. The van der Waals surface area contributed by atoms with Gasteiger partial charge in [-0.05, 0) is 36.5 Å². The van der Waals surface area contributed by atoms with E-state index in [2.05, 4.69) is 0 Å². The predicted octanol–water partition coefficient (Wildman–Crippen LogP) is 2.73. The van der Waals surface area contributed by atoms with Crippen molar-refractivity contribution in [2.45, 2.75) is 25.4 Å². The van der Waals surface area contributed by atoms with Crippen LogP contribution in [0.4, 0.5) is 0 Å². The van der Waals surface area contributed by atoms with Gasteiger partial charge < -0.3 is 14.6 Å². The molecule has 1 aromatic rings. The molecule has 98 valence electrons. The maximum atomic E-state index is 10.5. The summed E-state index contributed by atoms with van der Waals surface area (Å²) in [5.74, 6) is 1.09. The normalized spacial score (nSPS) is 21.4. The monoisotopic (exact) mass is 268 g/mol. The van der Waals surface area contributed by atoms with Gasteiger partial charge >= 0.3 is 0 Å². The Morgan fingerprint density at radius 3 is 2.78 bits per heavy atom.